The van der Waals surface area contributed by atoms with Crippen molar-refractivity contribution in [2.75, 3.05) is 13.2 Å². The van der Waals surface area contributed by atoms with Crippen molar-refractivity contribution in [3.63, 3.8) is 0 Å². The molecule has 2 N–H and O–H groups in total. The molecule has 0 unspecified atom stereocenters. The maximum Gasteiger partial charge on any atom is 0.287 e. The largest absolute Gasteiger partial charge is 0.456 e. The van der Waals surface area contributed by atoms with Crippen LogP contribution in [0.25, 0.3) is 0 Å². The van der Waals surface area contributed by atoms with E-state index in [9.17, 15) is 4.79 Å². The highest BCUT2D eigenvalue weighted by molar-refractivity contribution is 5.91. The zero-order valence-corrected chi connectivity index (χ0v) is 9.17. The molecule has 1 aromatic heterocycles. The molecular weight excluding hydrogens is 194 g/mol. The molecule has 0 radical (unpaired) electrons. The molecule has 0 saturated carbocycles. The minimum Gasteiger partial charge on any atom is -0.456 e. The summed E-state index contributed by atoms with van der Waals surface area (Å²) in [6.07, 6.45) is 1.35. The van der Waals surface area contributed by atoms with Crippen molar-refractivity contribution >= 4 is 5.91 Å². The van der Waals surface area contributed by atoms with Gasteiger partial charge in [0, 0.05) is 19.6 Å². The van der Waals surface area contributed by atoms with Crippen LogP contribution in [0.3, 0.4) is 0 Å². The smallest absolute Gasteiger partial charge is 0.287 e. The molecule has 0 fully saturated rings. The van der Waals surface area contributed by atoms with Crippen molar-refractivity contribution in [3.8, 4) is 0 Å². The third-order valence-corrected chi connectivity index (χ3v) is 2.19. The molecule has 0 aromatic carbocycles. The molecule has 0 spiro atoms. The van der Waals surface area contributed by atoms with Crippen molar-refractivity contribution in [3.05, 3.63) is 23.2 Å². The van der Waals surface area contributed by atoms with E-state index in [0.29, 0.717) is 18.7 Å². The van der Waals surface area contributed by atoms with Crippen LogP contribution in [0.5, 0.6) is 0 Å². The molecule has 0 aliphatic rings. The summed E-state index contributed by atoms with van der Waals surface area (Å²) >= 11 is 0. The molecule has 1 heterocycles. The second-order valence-electron chi connectivity index (χ2n) is 3.40. The number of carbonyl (C=O) groups is 1. The van der Waals surface area contributed by atoms with Gasteiger partial charge in [0.15, 0.2) is 5.76 Å². The molecule has 1 amide bonds. The summed E-state index contributed by atoms with van der Waals surface area (Å²) in [7, 11) is 0. The van der Waals surface area contributed by atoms with Gasteiger partial charge in [0.25, 0.3) is 5.91 Å². The highest BCUT2D eigenvalue weighted by atomic mass is 16.4. The summed E-state index contributed by atoms with van der Waals surface area (Å²) in [5.74, 6) is 0.982. The van der Waals surface area contributed by atoms with Gasteiger partial charge in [0.2, 0.25) is 0 Å². The topological polar surface area (TPSA) is 62.5 Å². The van der Waals surface area contributed by atoms with Crippen LogP contribution in [-0.2, 0) is 6.42 Å². The third-order valence-electron chi connectivity index (χ3n) is 2.19. The number of furan rings is 1. The van der Waals surface area contributed by atoms with Gasteiger partial charge in [-0.1, -0.05) is 6.92 Å². The fourth-order valence-corrected chi connectivity index (χ4v) is 1.35. The Kier molecular flexibility index (Phi) is 4.37. The average molecular weight is 211 g/mol. The lowest BCUT2D eigenvalue weighted by Crippen LogP contribution is -2.24. The van der Waals surface area contributed by atoms with Crippen LogP contribution in [0.2, 0.25) is 0 Å². The predicted octanol–water partition coefficient (Wildman–Crippen LogP) is 1.26. The quantitative estimate of drug-likeness (QED) is 0.721. The summed E-state index contributed by atoms with van der Waals surface area (Å²) in [4.78, 5) is 11.5. The Morgan fingerprint density at radius 2 is 2.33 bits per heavy atom. The monoisotopic (exact) mass is 211 g/mol. The van der Waals surface area contributed by atoms with Gasteiger partial charge >= 0.3 is 0 Å². The number of hydrogen-bond donors (Lipinski definition) is 2. The van der Waals surface area contributed by atoms with Gasteiger partial charge in [0.05, 0.1) is 0 Å². The summed E-state index contributed by atoms with van der Waals surface area (Å²) in [5.41, 5.74) is 1.00. The van der Waals surface area contributed by atoms with Crippen molar-refractivity contribution < 1.29 is 14.3 Å². The van der Waals surface area contributed by atoms with Crippen molar-refractivity contribution in [2.24, 2.45) is 0 Å². The molecule has 0 saturated heterocycles. The molecule has 0 atom stereocenters. The highest BCUT2D eigenvalue weighted by Gasteiger charge is 2.12. The summed E-state index contributed by atoms with van der Waals surface area (Å²) < 4.78 is 5.38. The number of aliphatic hydroxyl groups is 1. The molecular formula is C11H17NO3. The van der Waals surface area contributed by atoms with Gasteiger partial charge in [-0.25, -0.2) is 0 Å². The van der Waals surface area contributed by atoms with Gasteiger partial charge in [-0.15, -0.1) is 0 Å². The molecule has 1 rings (SSSR count). The fourth-order valence-electron chi connectivity index (χ4n) is 1.35. The standard InChI is InChI=1S/C11H17NO3/c1-3-9-8(2)7-10(15-9)11(14)12-5-4-6-13/h7,13H,3-6H2,1-2H3,(H,12,14). The first-order valence-corrected chi connectivity index (χ1v) is 5.17. The van der Waals surface area contributed by atoms with E-state index in [2.05, 4.69) is 5.32 Å². The van der Waals surface area contributed by atoms with Crippen molar-refractivity contribution in [2.45, 2.75) is 26.7 Å². The van der Waals surface area contributed by atoms with Gasteiger partial charge in [-0.05, 0) is 25.0 Å². The number of aliphatic hydroxyl groups excluding tert-OH is 1. The Bertz CT molecular complexity index is 331. The van der Waals surface area contributed by atoms with Crippen LogP contribution in [0.4, 0.5) is 0 Å². The number of nitrogens with one attached hydrogen (secondary N) is 1. The third kappa shape index (κ3) is 3.09. The Morgan fingerprint density at radius 3 is 2.87 bits per heavy atom. The second kappa shape index (κ2) is 5.56. The molecule has 0 aliphatic carbocycles. The van der Waals surface area contributed by atoms with Crippen LogP contribution in [0, 0.1) is 6.92 Å². The van der Waals surface area contributed by atoms with Crippen LogP contribution >= 0.6 is 0 Å². The Balaban J connectivity index is 2.58. The zero-order chi connectivity index (χ0) is 11.3. The predicted molar refractivity (Wildman–Crippen MR) is 56.9 cm³/mol. The summed E-state index contributed by atoms with van der Waals surface area (Å²) in [6.45, 7) is 4.46. The van der Waals surface area contributed by atoms with E-state index < -0.39 is 0 Å². The fraction of sp³-hybridized carbons (Fsp3) is 0.545. The number of amides is 1. The lowest BCUT2D eigenvalue weighted by Gasteiger charge is -2.00. The zero-order valence-electron chi connectivity index (χ0n) is 9.17. The first-order chi connectivity index (χ1) is 7.19. The number of rotatable bonds is 5. The van der Waals surface area contributed by atoms with Gasteiger partial charge in [-0.2, -0.15) is 0 Å². The van der Waals surface area contributed by atoms with E-state index in [1.807, 2.05) is 13.8 Å². The molecule has 0 bridgehead atoms. The maximum absolute atomic E-state index is 11.5. The first kappa shape index (κ1) is 11.8. The number of aryl methyl sites for hydroxylation is 2. The van der Waals surface area contributed by atoms with Crippen molar-refractivity contribution in [1.29, 1.82) is 0 Å². The molecule has 15 heavy (non-hydrogen) atoms. The molecule has 4 nitrogen and oxygen atoms in total. The van der Waals surface area contributed by atoms with Crippen LogP contribution in [-0.4, -0.2) is 24.2 Å². The van der Waals surface area contributed by atoms with E-state index in [-0.39, 0.29) is 12.5 Å². The summed E-state index contributed by atoms with van der Waals surface area (Å²) in [5, 5.41) is 11.2. The van der Waals surface area contributed by atoms with Gasteiger partial charge < -0.3 is 14.8 Å². The van der Waals surface area contributed by atoms with E-state index in [0.717, 1.165) is 17.7 Å². The van der Waals surface area contributed by atoms with E-state index >= 15 is 0 Å². The number of carbonyl (C=O) groups excluding carboxylic acids is 1. The van der Waals surface area contributed by atoms with E-state index in [1.165, 1.54) is 0 Å². The Hall–Kier alpha value is -1.29. The highest BCUT2D eigenvalue weighted by Crippen LogP contribution is 2.14. The number of hydrogen-bond acceptors (Lipinski definition) is 3. The Morgan fingerprint density at radius 1 is 1.60 bits per heavy atom. The molecule has 0 aliphatic heterocycles. The normalized spacial score (nSPS) is 10.3. The molecule has 4 heteroatoms. The van der Waals surface area contributed by atoms with Gasteiger partial charge in [-0.3, -0.25) is 4.79 Å². The molecule has 1 aromatic rings. The minimum absolute atomic E-state index is 0.0810. The van der Waals surface area contributed by atoms with Crippen LogP contribution in [0.1, 0.15) is 35.2 Å². The van der Waals surface area contributed by atoms with E-state index in [1.54, 1.807) is 6.07 Å². The van der Waals surface area contributed by atoms with Crippen LogP contribution in [0.15, 0.2) is 10.5 Å². The van der Waals surface area contributed by atoms with Gasteiger partial charge in [0.1, 0.15) is 5.76 Å². The van der Waals surface area contributed by atoms with Crippen LogP contribution < -0.4 is 5.32 Å². The average Bonchev–Trinajstić information content (AvgIpc) is 2.60. The Labute approximate surface area is 89.3 Å². The van der Waals surface area contributed by atoms with Crippen molar-refractivity contribution in [1.82, 2.24) is 5.32 Å². The molecule has 84 valence electrons. The maximum atomic E-state index is 11.5. The summed E-state index contributed by atoms with van der Waals surface area (Å²) in [6, 6.07) is 1.74. The SMILES string of the molecule is CCc1oc(C(=O)NCCCO)cc1C. The minimum atomic E-state index is -0.216. The lowest BCUT2D eigenvalue weighted by atomic mass is 10.2. The lowest BCUT2D eigenvalue weighted by molar-refractivity contribution is 0.0922. The second-order valence-corrected chi connectivity index (χ2v) is 3.40. The van der Waals surface area contributed by atoms with E-state index in [4.69, 9.17) is 9.52 Å². The first-order valence-electron chi connectivity index (χ1n) is 5.17.